The number of nitriles is 1. The first-order valence-corrected chi connectivity index (χ1v) is 8.25. The topological polar surface area (TPSA) is 67.6 Å². The lowest BCUT2D eigenvalue weighted by Crippen LogP contribution is -2.46. The minimum Gasteiger partial charge on any atom is -0.480 e. The molecule has 1 aromatic carbocycles. The predicted octanol–water partition coefficient (Wildman–Crippen LogP) is 2.70. The van der Waals surface area contributed by atoms with Crippen LogP contribution in [-0.4, -0.2) is 48.2 Å². The van der Waals surface area contributed by atoms with Crippen molar-refractivity contribution in [1.82, 2.24) is 4.90 Å². The zero-order valence-electron chi connectivity index (χ0n) is 12.6. The number of halogens is 1. The van der Waals surface area contributed by atoms with E-state index in [-0.39, 0.29) is 6.54 Å². The lowest BCUT2D eigenvalue weighted by atomic mass is 10.0. The van der Waals surface area contributed by atoms with Crippen LogP contribution in [0.4, 0.5) is 5.69 Å². The Balaban J connectivity index is 2.00. The van der Waals surface area contributed by atoms with Crippen LogP contribution in [-0.2, 0) is 4.79 Å². The fraction of sp³-hybridized carbons (Fsp3) is 0.500. The summed E-state index contributed by atoms with van der Waals surface area (Å²) in [5.41, 5.74) is 1.74. The first-order valence-electron chi connectivity index (χ1n) is 7.45. The van der Waals surface area contributed by atoms with Gasteiger partial charge in [0.25, 0.3) is 0 Å². The summed E-state index contributed by atoms with van der Waals surface area (Å²) in [6.07, 6.45) is 1.90. The molecule has 0 amide bonds. The summed E-state index contributed by atoms with van der Waals surface area (Å²) in [5.74, 6) is -0.765. The Morgan fingerprint density at radius 2 is 2.18 bits per heavy atom. The van der Waals surface area contributed by atoms with E-state index in [1.165, 1.54) is 0 Å². The number of aliphatic carboxylic acids is 1. The molecule has 0 aliphatic carbocycles. The van der Waals surface area contributed by atoms with E-state index in [1.54, 1.807) is 0 Å². The van der Waals surface area contributed by atoms with Crippen molar-refractivity contribution >= 4 is 27.6 Å². The highest BCUT2D eigenvalue weighted by atomic mass is 79.9. The maximum Gasteiger partial charge on any atom is 0.317 e. The third-order valence-corrected chi connectivity index (χ3v) is 4.78. The van der Waals surface area contributed by atoms with Gasteiger partial charge in [0.2, 0.25) is 0 Å². The van der Waals surface area contributed by atoms with Crippen molar-refractivity contribution in [3.05, 3.63) is 28.2 Å². The van der Waals surface area contributed by atoms with Crippen LogP contribution in [0.25, 0.3) is 0 Å². The second kappa shape index (κ2) is 7.61. The van der Waals surface area contributed by atoms with Crippen LogP contribution in [0.1, 0.15) is 25.3 Å². The Labute approximate surface area is 139 Å². The first kappa shape index (κ1) is 16.8. The molecule has 6 heteroatoms. The van der Waals surface area contributed by atoms with Crippen LogP contribution in [0, 0.1) is 11.3 Å². The van der Waals surface area contributed by atoms with Gasteiger partial charge in [0.05, 0.1) is 23.9 Å². The van der Waals surface area contributed by atoms with Crippen molar-refractivity contribution in [1.29, 1.82) is 5.26 Å². The van der Waals surface area contributed by atoms with Gasteiger partial charge in [0.1, 0.15) is 0 Å². The second-order valence-corrected chi connectivity index (χ2v) is 6.31. The molecular weight excluding hydrogens is 346 g/mol. The number of nitrogens with zero attached hydrogens (tertiary/aromatic N) is 3. The van der Waals surface area contributed by atoms with Crippen LogP contribution >= 0.6 is 15.9 Å². The molecule has 1 aromatic rings. The van der Waals surface area contributed by atoms with E-state index in [4.69, 9.17) is 10.4 Å². The minimum absolute atomic E-state index is 0.113. The zero-order chi connectivity index (χ0) is 16.1. The van der Waals surface area contributed by atoms with Gasteiger partial charge in [0.15, 0.2) is 0 Å². The Morgan fingerprint density at radius 3 is 2.68 bits per heavy atom. The highest BCUT2D eigenvalue weighted by molar-refractivity contribution is 9.10. The normalized spacial score (nSPS) is 15.8. The fourth-order valence-electron chi connectivity index (χ4n) is 2.98. The molecule has 0 radical (unpaired) electrons. The summed E-state index contributed by atoms with van der Waals surface area (Å²) in [4.78, 5) is 15.2. The Hall–Kier alpha value is -1.58. The summed E-state index contributed by atoms with van der Waals surface area (Å²) >= 11 is 3.53. The second-order valence-electron chi connectivity index (χ2n) is 5.45. The number of piperidine rings is 1. The van der Waals surface area contributed by atoms with Crippen LogP contribution in [0.15, 0.2) is 22.7 Å². The number of rotatable bonds is 5. The van der Waals surface area contributed by atoms with Crippen LogP contribution < -0.4 is 4.90 Å². The summed E-state index contributed by atoms with van der Waals surface area (Å²) < 4.78 is 0.933. The van der Waals surface area contributed by atoms with Crippen LogP contribution in [0.3, 0.4) is 0 Å². The lowest BCUT2D eigenvalue weighted by Gasteiger charge is -2.38. The number of anilines is 1. The van der Waals surface area contributed by atoms with Crippen LogP contribution in [0.5, 0.6) is 0 Å². The van der Waals surface area contributed by atoms with Crippen molar-refractivity contribution in [2.75, 3.05) is 31.1 Å². The summed E-state index contributed by atoms with van der Waals surface area (Å²) in [6.45, 7) is 4.67. The molecule has 2 rings (SSSR count). The Morgan fingerprint density at radius 1 is 1.50 bits per heavy atom. The molecular formula is C16H20BrN3O2. The fourth-order valence-corrected chi connectivity index (χ4v) is 3.61. The van der Waals surface area contributed by atoms with Gasteiger partial charge in [-0.05, 0) is 53.5 Å². The van der Waals surface area contributed by atoms with Gasteiger partial charge in [-0.2, -0.15) is 5.26 Å². The number of carbonyl (C=O) groups is 1. The molecule has 0 unspecified atom stereocenters. The van der Waals surface area contributed by atoms with E-state index >= 15 is 0 Å². The van der Waals surface area contributed by atoms with Crippen LogP contribution in [0.2, 0.25) is 0 Å². The number of carboxylic acids is 1. The molecule has 1 saturated heterocycles. The molecule has 0 aromatic heterocycles. The smallest absolute Gasteiger partial charge is 0.317 e. The number of benzene rings is 1. The molecule has 1 aliphatic rings. The third kappa shape index (κ3) is 3.99. The van der Waals surface area contributed by atoms with E-state index in [1.807, 2.05) is 30.0 Å². The standard InChI is InChI=1S/C16H20BrN3O2/c1-2-19(11-16(21)22)13-5-7-20(8-6-13)15-4-3-12(10-18)9-14(15)17/h3-4,9,13H,2,5-8,11H2,1H3,(H,21,22). The van der Waals surface area contributed by atoms with Gasteiger partial charge >= 0.3 is 5.97 Å². The average Bonchev–Trinajstić information content (AvgIpc) is 2.52. The monoisotopic (exact) mass is 365 g/mol. The molecule has 1 fully saturated rings. The van der Waals surface area contributed by atoms with Gasteiger partial charge in [-0.15, -0.1) is 0 Å². The van der Waals surface area contributed by atoms with Gasteiger partial charge < -0.3 is 10.0 Å². The van der Waals surface area contributed by atoms with E-state index in [0.29, 0.717) is 11.6 Å². The van der Waals surface area contributed by atoms with Gasteiger partial charge in [0, 0.05) is 23.6 Å². The van der Waals surface area contributed by atoms with Crippen molar-refractivity contribution < 1.29 is 9.90 Å². The van der Waals surface area contributed by atoms with E-state index in [2.05, 4.69) is 26.9 Å². The number of hydrogen-bond acceptors (Lipinski definition) is 4. The molecule has 1 N–H and O–H groups in total. The van der Waals surface area contributed by atoms with E-state index in [0.717, 1.165) is 42.6 Å². The SMILES string of the molecule is CCN(CC(=O)O)C1CCN(c2ccc(C#N)cc2Br)CC1. The maximum absolute atomic E-state index is 10.9. The molecule has 22 heavy (non-hydrogen) atoms. The van der Waals surface area contributed by atoms with Gasteiger partial charge in [-0.3, -0.25) is 9.69 Å². The maximum atomic E-state index is 10.9. The van der Waals surface area contributed by atoms with Crippen molar-refractivity contribution in [2.24, 2.45) is 0 Å². The lowest BCUT2D eigenvalue weighted by molar-refractivity contribution is -0.139. The summed E-state index contributed by atoms with van der Waals surface area (Å²) in [5, 5.41) is 17.9. The van der Waals surface area contributed by atoms with Crippen molar-refractivity contribution in [2.45, 2.75) is 25.8 Å². The third-order valence-electron chi connectivity index (χ3n) is 4.14. The molecule has 1 aliphatic heterocycles. The van der Waals surface area contributed by atoms with E-state index in [9.17, 15) is 4.79 Å². The van der Waals surface area contributed by atoms with Crippen molar-refractivity contribution in [3.8, 4) is 6.07 Å². The molecule has 1 heterocycles. The van der Waals surface area contributed by atoms with Crippen molar-refractivity contribution in [3.63, 3.8) is 0 Å². The predicted molar refractivity (Wildman–Crippen MR) is 89.0 cm³/mol. The minimum atomic E-state index is -0.765. The molecule has 5 nitrogen and oxygen atoms in total. The quantitative estimate of drug-likeness (QED) is 0.868. The number of carboxylic acid groups (broad SMARTS) is 1. The average molecular weight is 366 g/mol. The molecule has 0 bridgehead atoms. The molecule has 0 saturated carbocycles. The Kier molecular flexibility index (Phi) is 5.81. The first-order chi connectivity index (χ1) is 10.5. The Bertz CT molecular complexity index is 577. The molecule has 0 atom stereocenters. The number of likely N-dealkylation sites (N-methyl/N-ethyl adjacent to an activating group) is 1. The highest BCUT2D eigenvalue weighted by Gasteiger charge is 2.25. The highest BCUT2D eigenvalue weighted by Crippen LogP contribution is 2.30. The van der Waals surface area contributed by atoms with E-state index < -0.39 is 5.97 Å². The molecule has 0 spiro atoms. The van der Waals surface area contributed by atoms with Gasteiger partial charge in [-0.1, -0.05) is 6.92 Å². The summed E-state index contributed by atoms with van der Waals surface area (Å²) in [6, 6.07) is 8.10. The zero-order valence-corrected chi connectivity index (χ0v) is 14.2. The largest absolute Gasteiger partial charge is 0.480 e. The van der Waals surface area contributed by atoms with Gasteiger partial charge in [-0.25, -0.2) is 0 Å². The number of hydrogen-bond donors (Lipinski definition) is 1. The summed E-state index contributed by atoms with van der Waals surface area (Å²) in [7, 11) is 0. The molecule has 118 valence electrons.